The van der Waals surface area contributed by atoms with Crippen LogP contribution in [0.1, 0.15) is 23.6 Å². The van der Waals surface area contributed by atoms with Gasteiger partial charge in [0.25, 0.3) is 5.91 Å². The number of anilines is 1. The van der Waals surface area contributed by atoms with Gasteiger partial charge in [0.1, 0.15) is 5.70 Å². The van der Waals surface area contributed by atoms with Crippen molar-refractivity contribution in [3.8, 4) is 0 Å². The number of benzene rings is 2. The Labute approximate surface area is 136 Å². The lowest BCUT2D eigenvalue weighted by molar-refractivity contribution is -0.120. The third-order valence-electron chi connectivity index (χ3n) is 3.30. The number of rotatable bonds is 4. The van der Waals surface area contributed by atoms with Gasteiger partial charge in [-0.2, -0.15) is 0 Å². The molecule has 2 amide bonds. The standard InChI is InChI=1S/C19H20N2O2/c1-13-9-10-17(14(2)11-13)21-19(23)18(20-15(3)22)12-16-7-5-4-6-8-16/h4-12H,1-3H3,(H,20,22)(H,21,23)/b18-12+. The van der Waals surface area contributed by atoms with Crippen LogP contribution in [0.3, 0.4) is 0 Å². The summed E-state index contributed by atoms with van der Waals surface area (Å²) < 4.78 is 0. The van der Waals surface area contributed by atoms with E-state index in [1.54, 1.807) is 6.08 Å². The highest BCUT2D eigenvalue weighted by molar-refractivity contribution is 6.08. The summed E-state index contributed by atoms with van der Waals surface area (Å²) in [6.45, 7) is 5.31. The van der Waals surface area contributed by atoms with Crippen LogP contribution in [-0.2, 0) is 9.59 Å². The maximum atomic E-state index is 12.5. The summed E-state index contributed by atoms with van der Waals surface area (Å²) in [5, 5.41) is 5.43. The lowest BCUT2D eigenvalue weighted by Crippen LogP contribution is -2.29. The summed E-state index contributed by atoms with van der Waals surface area (Å²) in [4.78, 5) is 23.9. The van der Waals surface area contributed by atoms with E-state index in [2.05, 4.69) is 10.6 Å². The maximum absolute atomic E-state index is 12.5. The van der Waals surface area contributed by atoms with Gasteiger partial charge in [-0.3, -0.25) is 9.59 Å². The molecule has 0 aliphatic carbocycles. The highest BCUT2D eigenvalue weighted by Crippen LogP contribution is 2.17. The van der Waals surface area contributed by atoms with Crippen LogP contribution in [0.5, 0.6) is 0 Å². The summed E-state index contributed by atoms with van der Waals surface area (Å²) in [7, 11) is 0. The van der Waals surface area contributed by atoms with Gasteiger partial charge in [-0.15, -0.1) is 0 Å². The van der Waals surface area contributed by atoms with E-state index in [0.29, 0.717) is 0 Å². The molecule has 0 saturated carbocycles. The fraction of sp³-hybridized carbons (Fsp3) is 0.158. The summed E-state index contributed by atoms with van der Waals surface area (Å²) in [5.41, 5.74) is 3.88. The number of nitrogens with one attached hydrogen (secondary N) is 2. The molecule has 0 unspecified atom stereocenters. The molecule has 2 aromatic carbocycles. The molecule has 0 saturated heterocycles. The molecule has 2 rings (SSSR count). The molecule has 4 heteroatoms. The lowest BCUT2D eigenvalue weighted by Gasteiger charge is -2.12. The molecule has 23 heavy (non-hydrogen) atoms. The zero-order chi connectivity index (χ0) is 16.8. The van der Waals surface area contributed by atoms with E-state index in [9.17, 15) is 9.59 Å². The first-order chi connectivity index (χ1) is 11.0. The van der Waals surface area contributed by atoms with E-state index in [0.717, 1.165) is 22.4 Å². The molecule has 2 aromatic rings. The van der Waals surface area contributed by atoms with E-state index >= 15 is 0 Å². The van der Waals surface area contributed by atoms with Crippen LogP contribution >= 0.6 is 0 Å². The second-order valence-corrected chi connectivity index (χ2v) is 5.42. The first kappa shape index (κ1) is 16.5. The van der Waals surface area contributed by atoms with Crippen molar-refractivity contribution in [2.45, 2.75) is 20.8 Å². The van der Waals surface area contributed by atoms with Crippen molar-refractivity contribution < 1.29 is 9.59 Å². The van der Waals surface area contributed by atoms with Crippen molar-refractivity contribution in [1.82, 2.24) is 5.32 Å². The monoisotopic (exact) mass is 308 g/mol. The van der Waals surface area contributed by atoms with Gasteiger partial charge >= 0.3 is 0 Å². The summed E-state index contributed by atoms with van der Waals surface area (Å²) in [6, 6.07) is 15.2. The van der Waals surface area contributed by atoms with Crippen LogP contribution in [0.2, 0.25) is 0 Å². The Morgan fingerprint density at radius 1 is 1.00 bits per heavy atom. The van der Waals surface area contributed by atoms with Gasteiger partial charge in [-0.25, -0.2) is 0 Å². The quantitative estimate of drug-likeness (QED) is 0.850. The maximum Gasteiger partial charge on any atom is 0.272 e. The number of hydrogen-bond donors (Lipinski definition) is 2. The van der Waals surface area contributed by atoms with Crippen LogP contribution in [0, 0.1) is 13.8 Å². The molecular weight excluding hydrogens is 288 g/mol. The Morgan fingerprint density at radius 2 is 1.70 bits per heavy atom. The molecule has 0 atom stereocenters. The van der Waals surface area contributed by atoms with Crippen molar-refractivity contribution in [1.29, 1.82) is 0 Å². The van der Waals surface area contributed by atoms with Gasteiger partial charge in [0.2, 0.25) is 5.91 Å². The van der Waals surface area contributed by atoms with Gasteiger partial charge < -0.3 is 10.6 Å². The van der Waals surface area contributed by atoms with Gasteiger partial charge in [-0.05, 0) is 37.1 Å². The Kier molecular flexibility index (Phi) is 5.31. The topological polar surface area (TPSA) is 58.2 Å². The SMILES string of the molecule is CC(=O)N/C(=C/c1ccccc1)C(=O)Nc1ccc(C)cc1C. The van der Waals surface area contributed by atoms with Crippen molar-refractivity contribution >= 4 is 23.6 Å². The van der Waals surface area contributed by atoms with Crippen molar-refractivity contribution in [2.24, 2.45) is 0 Å². The third kappa shape index (κ3) is 4.81. The molecule has 2 N–H and O–H groups in total. The number of hydrogen-bond acceptors (Lipinski definition) is 2. The molecule has 0 radical (unpaired) electrons. The van der Waals surface area contributed by atoms with E-state index in [-0.39, 0.29) is 17.5 Å². The van der Waals surface area contributed by atoms with Crippen LogP contribution in [0.4, 0.5) is 5.69 Å². The summed E-state index contributed by atoms with van der Waals surface area (Å²) in [5.74, 6) is -0.640. The Bertz CT molecular complexity index is 749. The minimum Gasteiger partial charge on any atom is -0.322 e. The van der Waals surface area contributed by atoms with Crippen molar-refractivity contribution in [3.63, 3.8) is 0 Å². The second-order valence-electron chi connectivity index (χ2n) is 5.42. The average Bonchev–Trinajstić information content (AvgIpc) is 2.50. The molecule has 0 bridgehead atoms. The fourth-order valence-electron chi connectivity index (χ4n) is 2.21. The van der Waals surface area contributed by atoms with Gasteiger partial charge in [0, 0.05) is 12.6 Å². The predicted octanol–water partition coefficient (Wildman–Crippen LogP) is 3.42. The fourth-order valence-corrected chi connectivity index (χ4v) is 2.21. The van der Waals surface area contributed by atoms with Crippen molar-refractivity contribution in [2.75, 3.05) is 5.32 Å². The number of amides is 2. The zero-order valence-electron chi connectivity index (χ0n) is 13.5. The molecule has 0 spiro atoms. The normalized spacial score (nSPS) is 11.0. The van der Waals surface area contributed by atoms with Gasteiger partial charge in [-0.1, -0.05) is 48.0 Å². The van der Waals surface area contributed by atoms with Crippen LogP contribution in [0.15, 0.2) is 54.2 Å². The van der Waals surface area contributed by atoms with Crippen LogP contribution < -0.4 is 10.6 Å². The first-order valence-corrected chi connectivity index (χ1v) is 7.38. The smallest absolute Gasteiger partial charge is 0.272 e. The Morgan fingerprint density at radius 3 is 2.30 bits per heavy atom. The zero-order valence-corrected chi connectivity index (χ0v) is 13.5. The van der Waals surface area contributed by atoms with E-state index < -0.39 is 0 Å². The minimum absolute atomic E-state index is 0.212. The van der Waals surface area contributed by atoms with E-state index in [1.165, 1.54) is 6.92 Å². The number of carbonyl (C=O) groups is 2. The molecule has 118 valence electrons. The predicted molar refractivity (Wildman–Crippen MR) is 92.8 cm³/mol. The highest BCUT2D eigenvalue weighted by atomic mass is 16.2. The van der Waals surface area contributed by atoms with Gasteiger partial charge in [0.15, 0.2) is 0 Å². The number of aryl methyl sites for hydroxylation is 2. The second kappa shape index (κ2) is 7.40. The molecule has 0 fully saturated rings. The first-order valence-electron chi connectivity index (χ1n) is 7.38. The third-order valence-corrected chi connectivity index (χ3v) is 3.30. The van der Waals surface area contributed by atoms with Gasteiger partial charge in [0.05, 0.1) is 0 Å². The summed E-state index contributed by atoms with van der Waals surface area (Å²) >= 11 is 0. The van der Waals surface area contributed by atoms with E-state index in [1.807, 2.05) is 62.4 Å². The molecule has 0 aliphatic heterocycles. The molecule has 0 heterocycles. The summed E-state index contributed by atoms with van der Waals surface area (Å²) in [6.07, 6.45) is 1.65. The molecule has 0 aliphatic rings. The van der Waals surface area contributed by atoms with Crippen molar-refractivity contribution in [3.05, 3.63) is 70.9 Å². The minimum atomic E-state index is -0.351. The highest BCUT2D eigenvalue weighted by Gasteiger charge is 2.12. The Hall–Kier alpha value is -2.88. The van der Waals surface area contributed by atoms with E-state index in [4.69, 9.17) is 0 Å². The molecular formula is C19H20N2O2. The lowest BCUT2D eigenvalue weighted by atomic mass is 10.1. The van der Waals surface area contributed by atoms with Crippen LogP contribution in [-0.4, -0.2) is 11.8 Å². The van der Waals surface area contributed by atoms with Crippen LogP contribution in [0.25, 0.3) is 6.08 Å². The number of carbonyl (C=O) groups excluding carboxylic acids is 2. The Balaban J connectivity index is 2.26. The average molecular weight is 308 g/mol. The molecule has 0 aromatic heterocycles. The largest absolute Gasteiger partial charge is 0.322 e. The molecule has 4 nitrogen and oxygen atoms in total.